The number of hydrogen-bond acceptors (Lipinski definition) is 8. The van der Waals surface area contributed by atoms with Gasteiger partial charge in [0.05, 0.1) is 46.3 Å². The molecular formula is C25H32N2O7. The minimum atomic E-state index is -0.404. The number of nitrogens with one attached hydrogen (secondary N) is 1. The Kier molecular flexibility index (Phi) is 8.36. The van der Waals surface area contributed by atoms with Gasteiger partial charge in [-0.3, -0.25) is 9.59 Å². The number of ether oxygens (including phenoxy) is 3. The van der Waals surface area contributed by atoms with Gasteiger partial charge in [0.15, 0.2) is 11.5 Å². The monoisotopic (exact) mass is 472 g/mol. The quantitative estimate of drug-likeness (QED) is 0.504. The molecule has 0 heterocycles. The number of benzene rings is 1. The highest BCUT2D eigenvalue weighted by atomic mass is 16.5. The zero-order valence-electron chi connectivity index (χ0n) is 20.0. The van der Waals surface area contributed by atoms with Gasteiger partial charge < -0.3 is 34.6 Å². The van der Waals surface area contributed by atoms with Crippen molar-refractivity contribution in [2.45, 2.75) is 25.8 Å². The van der Waals surface area contributed by atoms with Gasteiger partial charge in [0.1, 0.15) is 0 Å². The molecule has 3 rings (SSSR count). The highest BCUT2D eigenvalue weighted by Crippen LogP contribution is 2.50. The van der Waals surface area contributed by atoms with Gasteiger partial charge in [-0.05, 0) is 47.7 Å². The summed E-state index contributed by atoms with van der Waals surface area (Å²) in [5.74, 6) is 1.24. The number of aliphatic hydroxyl groups excluding tert-OH is 2. The van der Waals surface area contributed by atoms with Crippen molar-refractivity contribution >= 4 is 11.6 Å². The van der Waals surface area contributed by atoms with Crippen LogP contribution >= 0.6 is 0 Å². The van der Waals surface area contributed by atoms with Crippen molar-refractivity contribution in [1.29, 1.82) is 0 Å². The van der Waals surface area contributed by atoms with E-state index in [1.807, 2.05) is 12.1 Å². The summed E-state index contributed by atoms with van der Waals surface area (Å²) >= 11 is 0. The zero-order chi connectivity index (χ0) is 24.8. The fourth-order valence-electron chi connectivity index (χ4n) is 4.55. The molecule has 2 aromatic rings. The van der Waals surface area contributed by atoms with Crippen LogP contribution in [0.15, 0.2) is 29.1 Å². The third-order valence-corrected chi connectivity index (χ3v) is 5.97. The molecule has 9 heteroatoms. The minimum absolute atomic E-state index is 0.167. The van der Waals surface area contributed by atoms with Gasteiger partial charge >= 0.3 is 0 Å². The molecule has 1 atom stereocenters. The largest absolute Gasteiger partial charge is 0.493 e. The van der Waals surface area contributed by atoms with Gasteiger partial charge in [-0.2, -0.15) is 0 Å². The lowest BCUT2D eigenvalue weighted by molar-refractivity contribution is -0.119. The van der Waals surface area contributed by atoms with Crippen LogP contribution in [0.2, 0.25) is 0 Å². The van der Waals surface area contributed by atoms with Gasteiger partial charge in [0.2, 0.25) is 17.1 Å². The highest BCUT2D eigenvalue weighted by Gasteiger charge is 2.29. The van der Waals surface area contributed by atoms with Crippen molar-refractivity contribution in [2.75, 3.05) is 52.5 Å². The van der Waals surface area contributed by atoms with Crippen molar-refractivity contribution < 1.29 is 29.2 Å². The average Bonchev–Trinajstić information content (AvgIpc) is 3.06. The number of amides is 1. The van der Waals surface area contributed by atoms with E-state index in [1.54, 1.807) is 25.2 Å². The first-order valence-electron chi connectivity index (χ1n) is 11.1. The van der Waals surface area contributed by atoms with Crippen molar-refractivity contribution in [3.8, 4) is 28.4 Å². The van der Waals surface area contributed by atoms with E-state index >= 15 is 0 Å². The molecule has 1 aliphatic carbocycles. The first kappa shape index (κ1) is 25.3. The molecule has 0 bridgehead atoms. The molecule has 2 aromatic carbocycles. The Morgan fingerprint density at radius 3 is 2.29 bits per heavy atom. The minimum Gasteiger partial charge on any atom is -0.493 e. The summed E-state index contributed by atoms with van der Waals surface area (Å²) in [7, 11) is 4.64. The number of nitrogens with zero attached hydrogens (tertiary/aromatic N) is 1. The van der Waals surface area contributed by atoms with Crippen LogP contribution in [0, 0.1) is 0 Å². The van der Waals surface area contributed by atoms with E-state index in [2.05, 4.69) is 5.32 Å². The standard InChI is InChI=1S/C25H32N2O7/c1-15(30)26-19-7-5-16-13-22(32-2)24(33-3)25(34-4)23(16)17-6-8-20(21(31)14-18(17)19)27(9-11-28)10-12-29/h6,8,13-14,19,28-29H,5,7,9-12H2,1-4H3,(H,26,30). The molecule has 1 aliphatic rings. The van der Waals surface area contributed by atoms with Crippen molar-refractivity contribution in [3.63, 3.8) is 0 Å². The number of anilines is 1. The molecule has 0 saturated heterocycles. The summed E-state index contributed by atoms with van der Waals surface area (Å²) < 4.78 is 16.9. The summed E-state index contributed by atoms with van der Waals surface area (Å²) in [5.41, 5.74) is 3.15. The van der Waals surface area contributed by atoms with Crippen LogP contribution in [0.3, 0.4) is 0 Å². The van der Waals surface area contributed by atoms with Crippen molar-refractivity contribution in [3.05, 3.63) is 45.6 Å². The summed E-state index contributed by atoms with van der Waals surface area (Å²) in [6.45, 7) is 1.51. The second-order valence-corrected chi connectivity index (χ2v) is 8.00. The predicted molar refractivity (Wildman–Crippen MR) is 129 cm³/mol. The van der Waals surface area contributed by atoms with E-state index in [1.165, 1.54) is 20.1 Å². The number of aryl methyl sites for hydroxylation is 1. The van der Waals surface area contributed by atoms with Crippen LogP contribution in [-0.2, 0) is 11.2 Å². The summed E-state index contributed by atoms with van der Waals surface area (Å²) in [6.07, 6.45) is 1.17. The van der Waals surface area contributed by atoms with Gasteiger partial charge in [-0.1, -0.05) is 6.07 Å². The summed E-state index contributed by atoms with van der Waals surface area (Å²) in [6, 6.07) is 6.52. The summed E-state index contributed by atoms with van der Waals surface area (Å²) in [4.78, 5) is 27.0. The maximum Gasteiger partial charge on any atom is 0.217 e. The van der Waals surface area contributed by atoms with E-state index in [-0.39, 0.29) is 37.6 Å². The normalized spacial score (nSPS) is 14.4. The number of methoxy groups -OCH3 is 3. The zero-order valence-corrected chi connectivity index (χ0v) is 20.0. The number of aliphatic hydroxyl groups is 2. The number of hydrogen-bond donors (Lipinski definition) is 3. The van der Waals surface area contributed by atoms with Crippen LogP contribution in [0.1, 0.15) is 30.5 Å². The molecule has 0 fully saturated rings. The molecule has 0 saturated carbocycles. The van der Waals surface area contributed by atoms with E-state index in [4.69, 9.17) is 14.2 Å². The Morgan fingerprint density at radius 1 is 1.06 bits per heavy atom. The predicted octanol–water partition coefficient (Wildman–Crippen LogP) is 1.65. The van der Waals surface area contributed by atoms with E-state index in [0.717, 1.165) is 16.7 Å². The van der Waals surface area contributed by atoms with Gasteiger partial charge in [-0.25, -0.2) is 0 Å². The van der Waals surface area contributed by atoms with Gasteiger partial charge in [0, 0.05) is 25.6 Å². The lowest BCUT2D eigenvalue weighted by Gasteiger charge is -2.21. The molecule has 3 N–H and O–H groups in total. The first-order valence-corrected chi connectivity index (χ1v) is 11.1. The van der Waals surface area contributed by atoms with E-state index < -0.39 is 6.04 Å². The Labute approximate surface area is 198 Å². The first-order chi connectivity index (χ1) is 16.4. The molecule has 184 valence electrons. The lowest BCUT2D eigenvalue weighted by Crippen LogP contribution is -2.33. The van der Waals surface area contributed by atoms with Crippen molar-refractivity contribution in [2.24, 2.45) is 0 Å². The third-order valence-electron chi connectivity index (χ3n) is 5.97. The number of carbonyl (C=O) groups is 1. The van der Waals surface area contributed by atoms with E-state index in [0.29, 0.717) is 41.3 Å². The fraction of sp³-hybridized carbons (Fsp3) is 0.440. The number of fused-ring (bicyclic) bond motifs is 3. The maximum atomic E-state index is 13.3. The second-order valence-electron chi connectivity index (χ2n) is 8.00. The van der Waals surface area contributed by atoms with Gasteiger partial charge in [-0.15, -0.1) is 0 Å². The van der Waals surface area contributed by atoms with Crippen LogP contribution < -0.4 is 29.9 Å². The summed E-state index contributed by atoms with van der Waals surface area (Å²) in [5, 5.41) is 21.9. The Morgan fingerprint density at radius 2 is 1.74 bits per heavy atom. The number of carbonyl (C=O) groups excluding carboxylic acids is 1. The van der Waals surface area contributed by atoms with Crippen LogP contribution in [0.25, 0.3) is 11.1 Å². The lowest BCUT2D eigenvalue weighted by atomic mass is 9.95. The topological polar surface area (TPSA) is 118 Å². The smallest absolute Gasteiger partial charge is 0.217 e. The molecule has 0 aliphatic heterocycles. The second kappa shape index (κ2) is 11.2. The Bertz CT molecular complexity index is 1100. The van der Waals surface area contributed by atoms with Crippen molar-refractivity contribution in [1.82, 2.24) is 5.32 Å². The fourth-order valence-corrected chi connectivity index (χ4v) is 4.55. The third kappa shape index (κ3) is 4.95. The average molecular weight is 473 g/mol. The van der Waals surface area contributed by atoms with Crippen LogP contribution in [-0.4, -0.2) is 63.8 Å². The van der Waals surface area contributed by atoms with Crippen LogP contribution in [0.5, 0.6) is 17.2 Å². The highest BCUT2D eigenvalue weighted by molar-refractivity contribution is 5.83. The van der Waals surface area contributed by atoms with Crippen LogP contribution in [0.4, 0.5) is 5.69 Å². The molecule has 1 unspecified atom stereocenters. The molecular weight excluding hydrogens is 440 g/mol. The van der Waals surface area contributed by atoms with E-state index in [9.17, 15) is 19.8 Å². The SMILES string of the molecule is COc1cc2c(c(OC)c1OC)-c1ccc(N(CCO)CCO)c(=O)cc1C(NC(C)=O)CC2. The maximum absolute atomic E-state index is 13.3. The molecule has 34 heavy (non-hydrogen) atoms. The Balaban J connectivity index is 2.37. The molecule has 0 aromatic heterocycles. The van der Waals surface area contributed by atoms with Gasteiger partial charge in [0.25, 0.3) is 0 Å². The molecule has 1 amide bonds. The molecule has 0 spiro atoms. The molecule has 0 radical (unpaired) electrons. The number of rotatable bonds is 9. The Hall–Kier alpha value is -3.30. The molecule has 9 nitrogen and oxygen atoms in total.